The number of carbonyl (C=O) groups excluding carboxylic acids is 5. The van der Waals surface area contributed by atoms with E-state index >= 15 is 0 Å². The van der Waals surface area contributed by atoms with Gasteiger partial charge in [-0.15, -0.1) is 0 Å². The van der Waals surface area contributed by atoms with Gasteiger partial charge in [0, 0.05) is 117 Å². The van der Waals surface area contributed by atoms with Gasteiger partial charge in [0.15, 0.2) is 5.82 Å². The number of rotatable bonds is 11. The van der Waals surface area contributed by atoms with Crippen LogP contribution in [0.3, 0.4) is 0 Å². The molecular formula is C46H51F2N11O5. The van der Waals surface area contributed by atoms with Crippen LogP contribution in [0.25, 0.3) is 22.0 Å². The van der Waals surface area contributed by atoms with Gasteiger partial charge in [-0.05, 0) is 86.1 Å². The number of halogens is 2. The number of piperidine rings is 2. The third kappa shape index (κ3) is 8.40. The van der Waals surface area contributed by atoms with Gasteiger partial charge in [0.05, 0.1) is 29.9 Å². The predicted molar refractivity (Wildman–Crippen MR) is 234 cm³/mol. The minimum absolute atomic E-state index is 0.0251. The molecule has 16 nitrogen and oxygen atoms in total. The Labute approximate surface area is 368 Å². The first-order valence-corrected chi connectivity index (χ1v) is 22.0. The van der Waals surface area contributed by atoms with Crippen molar-refractivity contribution in [3.63, 3.8) is 0 Å². The fourth-order valence-corrected chi connectivity index (χ4v) is 9.63. The van der Waals surface area contributed by atoms with Crippen molar-refractivity contribution in [2.24, 2.45) is 7.05 Å². The highest BCUT2D eigenvalue weighted by Crippen LogP contribution is 2.44. The number of nitrogens with zero attached hydrogens (tertiary/aromatic N) is 8. The smallest absolute Gasteiger partial charge is 0.264 e. The molecule has 2 saturated heterocycles. The number of carbonyl (C=O) groups is 5. The number of alkyl halides is 2. The lowest BCUT2D eigenvalue weighted by molar-refractivity contribution is -0.135. The number of pyridine rings is 1. The number of aromatic nitrogens is 5. The van der Waals surface area contributed by atoms with Crippen molar-refractivity contribution in [3.05, 3.63) is 82.9 Å². The summed E-state index contributed by atoms with van der Waals surface area (Å²) >= 11 is 0. The Balaban J connectivity index is 0.852. The highest BCUT2D eigenvalue weighted by atomic mass is 19.3. The summed E-state index contributed by atoms with van der Waals surface area (Å²) in [5.74, 6) is -0.597. The zero-order chi connectivity index (χ0) is 44.6. The van der Waals surface area contributed by atoms with E-state index in [9.17, 15) is 32.8 Å². The second kappa shape index (κ2) is 17.8. The standard InChI is InChI=1S/C46H51F2N11O5/c1-27(60)57-21-15-38-35(26-57)44(58-18-5-6-28-22-33(29-24-51-55(2)25-29)34(43(47)48)23-39(28)58)54-59(38)30-13-19-56(20-14-30)41(62)8-4-16-49-36-10-9-32(42-31(36)7-3-17-50-42)45(63)52-37-11-12-40(61)53-46(37)64/h3,7,9-10,17,22-25,30,37,43,49H,4-6,8,11-16,18-21,26H2,1-2H3,(H,52,63)(H,53,61,64). The average molecular weight is 876 g/mol. The van der Waals surface area contributed by atoms with Crippen LogP contribution in [0.5, 0.6) is 0 Å². The number of imide groups is 1. The number of likely N-dealkylation sites (tertiary alicyclic amines) is 1. The largest absolute Gasteiger partial charge is 0.384 e. The quantitative estimate of drug-likeness (QED) is 0.116. The zero-order valence-corrected chi connectivity index (χ0v) is 35.9. The van der Waals surface area contributed by atoms with Crippen LogP contribution in [0.4, 0.5) is 26.0 Å². The van der Waals surface area contributed by atoms with E-state index in [0.717, 1.165) is 40.7 Å². The van der Waals surface area contributed by atoms with Crippen LogP contribution in [0.15, 0.2) is 55.0 Å². The van der Waals surface area contributed by atoms with E-state index in [-0.39, 0.29) is 42.2 Å². The van der Waals surface area contributed by atoms with Gasteiger partial charge >= 0.3 is 0 Å². The van der Waals surface area contributed by atoms with E-state index in [4.69, 9.17) is 5.10 Å². The van der Waals surface area contributed by atoms with Gasteiger partial charge < -0.3 is 25.3 Å². The molecule has 334 valence electrons. The SMILES string of the molecule is CC(=O)N1CCc2c(c(N3CCCc4cc(-c5cnn(C)c5)c(C(F)F)cc43)nn2C2CCN(C(=O)CCCNc3ccc(C(=O)NC4CCC(=O)NC4=O)c4ncccc34)CC2)C1. The van der Waals surface area contributed by atoms with Crippen molar-refractivity contribution < 1.29 is 32.8 Å². The number of aryl methyl sites for hydroxylation is 2. The summed E-state index contributed by atoms with van der Waals surface area (Å²) in [5.41, 5.74) is 6.30. The van der Waals surface area contributed by atoms with Gasteiger partial charge in [-0.1, -0.05) is 0 Å². The molecule has 2 aromatic carbocycles. The minimum atomic E-state index is -2.69. The zero-order valence-electron chi connectivity index (χ0n) is 35.9. The molecule has 64 heavy (non-hydrogen) atoms. The normalized spacial score (nSPS) is 18.0. The lowest BCUT2D eigenvalue weighted by atomic mass is 9.92. The van der Waals surface area contributed by atoms with E-state index in [2.05, 4.69) is 35.6 Å². The third-order valence-corrected chi connectivity index (χ3v) is 13.0. The van der Waals surface area contributed by atoms with Crippen molar-refractivity contribution in [2.75, 3.05) is 42.9 Å². The van der Waals surface area contributed by atoms with Crippen LogP contribution in [0.1, 0.15) is 97.1 Å². The molecule has 0 bridgehead atoms. The first-order valence-electron chi connectivity index (χ1n) is 22.0. The number of amides is 5. The first-order chi connectivity index (χ1) is 30.9. The third-order valence-electron chi connectivity index (χ3n) is 13.0. The van der Waals surface area contributed by atoms with Gasteiger partial charge in [0.2, 0.25) is 23.6 Å². The molecule has 9 rings (SSSR count). The summed E-state index contributed by atoms with van der Waals surface area (Å²) in [6, 6.07) is 9.79. The number of hydrogen-bond donors (Lipinski definition) is 3. The lowest BCUT2D eigenvalue weighted by Crippen LogP contribution is -2.52. The number of benzene rings is 2. The van der Waals surface area contributed by atoms with E-state index in [1.54, 1.807) is 61.5 Å². The molecule has 4 aliphatic heterocycles. The lowest BCUT2D eigenvalue weighted by Gasteiger charge is -2.34. The molecule has 0 radical (unpaired) electrons. The van der Waals surface area contributed by atoms with Crippen LogP contribution in [-0.4, -0.2) is 103 Å². The fourth-order valence-electron chi connectivity index (χ4n) is 9.63. The van der Waals surface area contributed by atoms with Gasteiger partial charge in [0.25, 0.3) is 12.3 Å². The Morgan fingerprint density at radius 1 is 0.984 bits per heavy atom. The second-order valence-electron chi connectivity index (χ2n) is 17.1. The summed E-state index contributed by atoms with van der Waals surface area (Å²) in [5, 5.41) is 18.6. The maximum atomic E-state index is 14.7. The maximum Gasteiger partial charge on any atom is 0.264 e. The Bertz CT molecular complexity index is 2650. The van der Waals surface area contributed by atoms with E-state index in [0.29, 0.717) is 105 Å². The number of anilines is 3. The van der Waals surface area contributed by atoms with Gasteiger partial charge in [-0.3, -0.25) is 43.6 Å². The molecule has 3 aromatic heterocycles. The van der Waals surface area contributed by atoms with E-state index in [1.165, 1.54) is 0 Å². The van der Waals surface area contributed by atoms with Crippen molar-refractivity contribution in [3.8, 4) is 11.1 Å². The highest BCUT2D eigenvalue weighted by molar-refractivity contribution is 6.10. The molecule has 0 spiro atoms. The molecule has 0 aliphatic carbocycles. The van der Waals surface area contributed by atoms with Crippen LogP contribution < -0.4 is 20.9 Å². The average Bonchev–Trinajstić information content (AvgIpc) is 3.91. The van der Waals surface area contributed by atoms with Crippen molar-refractivity contribution in [2.45, 2.75) is 89.8 Å². The second-order valence-corrected chi connectivity index (χ2v) is 17.1. The molecular weight excluding hydrogens is 825 g/mol. The Morgan fingerprint density at radius 2 is 1.81 bits per heavy atom. The Morgan fingerprint density at radius 3 is 2.56 bits per heavy atom. The summed E-state index contributed by atoms with van der Waals surface area (Å²) in [6.07, 6.45) is 7.16. The van der Waals surface area contributed by atoms with Crippen LogP contribution in [0.2, 0.25) is 0 Å². The van der Waals surface area contributed by atoms with Crippen LogP contribution >= 0.6 is 0 Å². The van der Waals surface area contributed by atoms with Gasteiger partial charge in [0.1, 0.15) is 6.04 Å². The van der Waals surface area contributed by atoms with Gasteiger partial charge in [-0.25, -0.2) is 8.78 Å². The predicted octanol–water partition coefficient (Wildman–Crippen LogP) is 5.35. The summed E-state index contributed by atoms with van der Waals surface area (Å²) < 4.78 is 33.1. The molecule has 7 heterocycles. The number of fused-ring (bicyclic) bond motifs is 3. The van der Waals surface area contributed by atoms with E-state index < -0.39 is 24.3 Å². The summed E-state index contributed by atoms with van der Waals surface area (Å²) in [6.45, 7) is 4.78. The Kier molecular flexibility index (Phi) is 11.8. The molecule has 4 aliphatic rings. The molecule has 1 atom stereocenters. The molecule has 0 saturated carbocycles. The molecule has 18 heteroatoms. The topological polar surface area (TPSA) is 180 Å². The number of hydrogen-bond acceptors (Lipinski definition) is 10. The van der Waals surface area contributed by atoms with Crippen molar-refractivity contribution in [1.29, 1.82) is 0 Å². The van der Waals surface area contributed by atoms with Crippen molar-refractivity contribution >= 4 is 57.6 Å². The number of nitrogens with one attached hydrogen (secondary N) is 3. The molecule has 3 N–H and O–H groups in total. The van der Waals surface area contributed by atoms with E-state index in [1.807, 2.05) is 21.9 Å². The molecule has 5 aromatic rings. The molecule has 1 unspecified atom stereocenters. The fraction of sp³-hybridized carbons (Fsp3) is 0.435. The molecule has 5 amide bonds. The minimum Gasteiger partial charge on any atom is -0.384 e. The summed E-state index contributed by atoms with van der Waals surface area (Å²) in [7, 11) is 1.77. The van der Waals surface area contributed by atoms with Crippen molar-refractivity contribution in [1.82, 2.24) is 45.0 Å². The van der Waals surface area contributed by atoms with Crippen LogP contribution in [-0.2, 0) is 45.6 Å². The molecule has 2 fully saturated rings. The van der Waals surface area contributed by atoms with Crippen LogP contribution in [0, 0.1) is 0 Å². The first kappa shape index (κ1) is 42.6. The maximum absolute atomic E-state index is 14.7. The highest BCUT2D eigenvalue weighted by Gasteiger charge is 2.35. The Hall–Kier alpha value is -6.72. The van der Waals surface area contributed by atoms with Gasteiger partial charge in [-0.2, -0.15) is 10.2 Å². The monoisotopic (exact) mass is 875 g/mol. The summed E-state index contributed by atoms with van der Waals surface area (Å²) in [4.78, 5) is 73.4.